The summed E-state index contributed by atoms with van der Waals surface area (Å²) in [5.74, 6) is 0. The Bertz CT molecular complexity index is 240. The lowest BCUT2D eigenvalue weighted by Gasteiger charge is -2.35. The van der Waals surface area contributed by atoms with Crippen molar-refractivity contribution < 1.29 is 9.84 Å². The van der Waals surface area contributed by atoms with Gasteiger partial charge in [-0.3, -0.25) is 4.90 Å². The van der Waals surface area contributed by atoms with Crippen molar-refractivity contribution in [3.63, 3.8) is 0 Å². The zero-order valence-corrected chi connectivity index (χ0v) is 11.1. The third-order valence-electron chi connectivity index (χ3n) is 3.75. The normalized spacial score (nSPS) is 30.5. The first kappa shape index (κ1) is 13.3. The van der Waals surface area contributed by atoms with Crippen LogP contribution in [0.15, 0.2) is 0 Å². The molecule has 2 fully saturated rings. The van der Waals surface area contributed by atoms with Gasteiger partial charge in [0.1, 0.15) is 0 Å². The van der Waals surface area contributed by atoms with Crippen LogP contribution in [0.1, 0.15) is 33.1 Å². The van der Waals surface area contributed by atoms with Gasteiger partial charge in [0.25, 0.3) is 0 Å². The van der Waals surface area contributed by atoms with Gasteiger partial charge in [0, 0.05) is 19.1 Å². The van der Waals surface area contributed by atoms with Crippen molar-refractivity contribution in [3.05, 3.63) is 0 Å². The summed E-state index contributed by atoms with van der Waals surface area (Å²) >= 11 is 0. The molecule has 2 aliphatic rings. The fourth-order valence-corrected chi connectivity index (χ4v) is 2.67. The smallest absolute Gasteiger partial charge is 0.0826 e. The van der Waals surface area contributed by atoms with Crippen molar-refractivity contribution in [2.45, 2.75) is 50.9 Å². The van der Waals surface area contributed by atoms with Gasteiger partial charge >= 0.3 is 0 Å². The molecular formula is C13H26N2O2. The van der Waals surface area contributed by atoms with E-state index in [0.717, 1.165) is 32.7 Å². The minimum Gasteiger partial charge on any atom is -0.390 e. The molecule has 0 aromatic heterocycles. The van der Waals surface area contributed by atoms with E-state index in [1.165, 1.54) is 19.4 Å². The van der Waals surface area contributed by atoms with Crippen molar-refractivity contribution in [1.82, 2.24) is 10.2 Å². The molecule has 2 saturated heterocycles. The predicted octanol–water partition coefficient (Wildman–Crippen LogP) is 0.600. The van der Waals surface area contributed by atoms with Gasteiger partial charge in [-0.25, -0.2) is 0 Å². The summed E-state index contributed by atoms with van der Waals surface area (Å²) in [4.78, 5) is 2.56. The molecule has 4 heteroatoms. The van der Waals surface area contributed by atoms with Crippen LogP contribution in [0.3, 0.4) is 0 Å². The number of rotatable bonds is 5. The summed E-state index contributed by atoms with van der Waals surface area (Å²) in [6.45, 7) is 8.67. The third kappa shape index (κ3) is 4.21. The van der Waals surface area contributed by atoms with E-state index < -0.39 is 5.60 Å². The number of morpholine rings is 1. The van der Waals surface area contributed by atoms with E-state index in [9.17, 15) is 5.11 Å². The largest absolute Gasteiger partial charge is 0.390 e. The third-order valence-corrected chi connectivity index (χ3v) is 3.75. The Labute approximate surface area is 104 Å². The molecular weight excluding hydrogens is 216 g/mol. The van der Waals surface area contributed by atoms with Crippen LogP contribution in [-0.2, 0) is 4.74 Å². The first-order valence-electron chi connectivity index (χ1n) is 6.83. The van der Waals surface area contributed by atoms with Crippen LogP contribution in [0.2, 0.25) is 0 Å². The lowest BCUT2D eigenvalue weighted by atomic mass is 10.1. The SMILES string of the molecule is CC(C)(O)CCNCC1CN2CCCC2CO1. The zero-order chi connectivity index (χ0) is 12.3. The van der Waals surface area contributed by atoms with Crippen molar-refractivity contribution in [3.8, 4) is 0 Å². The van der Waals surface area contributed by atoms with Crippen LogP contribution in [0.5, 0.6) is 0 Å². The molecule has 0 amide bonds. The molecule has 0 spiro atoms. The molecule has 2 unspecified atom stereocenters. The lowest BCUT2D eigenvalue weighted by Crippen LogP contribution is -2.49. The quantitative estimate of drug-likeness (QED) is 0.693. The van der Waals surface area contributed by atoms with Crippen LogP contribution < -0.4 is 5.32 Å². The van der Waals surface area contributed by atoms with E-state index >= 15 is 0 Å². The summed E-state index contributed by atoms with van der Waals surface area (Å²) in [5, 5.41) is 13.0. The standard InChI is InChI=1S/C13H26N2O2/c1-13(2,16)5-6-14-8-12-9-15-7-3-4-11(15)10-17-12/h11-12,14,16H,3-10H2,1-2H3. The highest BCUT2D eigenvalue weighted by Gasteiger charge is 2.31. The second-order valence-corrected chi connectivity index (χ2v) is 6.01. The Hall–Kier alpha value is -0.160. The van der Waals surface area contributed by atoms with Crippen LogP contribution in [0.4, 0.5) is 0 Å². The fourth-order valence-electron chi connectivity index (χ4n) is 2.67. The van der Waals surface area contributed by atoms with Gasteiger partial charge in [0.05, 0.1) is 18.3 Å². The Morgan fingerprint density at radius 1 is 1.47 bits per heavy atom. The molecule has 2 aliphatic heterocycles. The zero-order valence-electron chi connectivity index (χ0n) is 11.1. The molecule has 17 heavy (non-hydrogen) atoms. The van der Waals surface area contributed by atoms with E-state index in [1.54, 1.807) is 0 Å². The molecule has 0 bridgehead atoms. The number of hydrogen-bond acceptors (Lipinski definition) is 4. The van der Waals surface area contributed by atoms with E-state index in [0.29, 0.717) is 12.1 Å². The number of fused-ring (bicyclic) bond motifs is 1. The van der Waals surface area contributed by atoms with Gasteiger partial charge in [0.2, 0.25) is 0 Å². The molecule has 4 nitrogen and oxygen atoms in total. The van der Waals surface area contributed by atoms with E-state index in [1.807, 2.05) is 13.8 Å². The highest BCUT2D eigenvalue weighted by molar-refractivity contribution is 4.85. The van der Waals surface area contributed by atoms with Gasteiger partial charge in [-0.05, 0) is 46.2 Å². The van der Waals surface area contributed by atoms with Gasteiger partial charge in [-0.15, -0.1) is 0 Å². The summed E-state index contributed by atoms with van der Waals surface area (Å²) in [5.41, 5.74) is -0.569. The van der Waals surface area contributed by atoms with Crippen molar-refractivity contribution in [2.75, 3.05) is 32.8 Å². The highest BCUT2D eigenvalue weighted by Crippen LogP contribution is 2.22. The summed E-state index contributed by atoms with van der Waals surface area (Å²) in [6.07, 6.45) is 3.74. The molecule has 0 aliphatic carbocycles. The Balaban J connectivity index is 1.60. The van der Waals surface area contributed by atoms with Crippen LogP contribution in [-0.4, -0.2) is 60.5 Å². The van der Waals surface area contributed by atoms with E-state index in [-0.39, 0.29) is 0 Å². The molecule has 2 N–H and O–H groups in total. The van der Waals surface area contributed by atoms with E-state index in [2.05, 4.69) is 10.2 Å². The Morgan fingerprint density at radius 3 is 3.06 bits per heavy atom. The molecule has 2 heterocycles. The van der Waals surface area contributed by atoms with Gasteiger partial charge < -0.3 is 15.2 Å². The van der Waals surface area contributed by atoms with E-state index in [4.69, 9.17) is 4.74 Å². The van der Waals surface area contributed by atoms with Gasteiger partial charge in [-0.1, -0.05) is 0 Å². The van der Waals surface area contributed by atoms with Crippen LogP contribution >= 0.6 is 0 Å². The summed E-state index contributed by atoms with van der Waals surface area (Å²) < 4.78 is 5.86. The first-order valence-corrected chi connectivity index (χ1v) is 6.83. The summed E-state index contributed by atoms with van der Waals surface area (Å²) in [7, 11) is 0. The number of aliphatic hydroxyl groups is 1. The predicted molar refractivity (Wildman–Crippen MR) is 68.1 cm³/mol. The maximum absolute atomic E-state index is 9.60. The van der Waals surface area contributed by atoms with Crippen molar-refractivity contribution in [2.24, 2.45) is 0 Å². The lowest BCUT2D eigenvalue weighted by molar-refractivity contribution is -0.0473. The molecule has 0 saturated carbocycles. The number of nitrogens with zero attached hydrogens (tertiary/aromatic N) is 1. The molecule has 2 rings (SSSR count). The maximum Gasteiger partial charge on any atom is 0.0826 e. The highest BCUT2D eigenvalue weighted by atomic mass is 16.5. The fraction of sp³-hybridized carbons (Fsp3) is 1.00. The van der Waals surface area contributed by atoms with Crippen molar-refractivity contribution in [1.29, 1.82) is 0 Å². The average molecular weight is 242 g/mol. The van der Waals surface area contributed by atoms with Crippen LogP contribution in [0.25, 0.3) is 0 Å². The monoisotopic (exact) mass is 242 g/mol. The molecule has 100 valence electrons. The molecule has 0 aromatic rings. The molecule has 0 aromatic carbocycles. The molecule has 0 radical (unpaired) electrons. The van der Waals surface area contributed by atoms with Crippen LogP contribution in [0, 0.1) is 0 Å². The maximum atomic E-state index is 9.60. The Morgan fingerprint density at radius 2 is 2.29 bits per heavy atom. The second kappa shape index (κ2) is 5.65. The topological polar surface area (TPSA) is 44.7 Å². The average Bonchev–Trinajstić information content (AvgIpc) is 2.70. The Kier molecular flexibility index (Phi) is 4.42. The first-order chi connectivity index (χ1) is 8.04. The van der Waals surface area contributed by atoms with Gasteiger partial charge in [0.15, 0.2) is 0 Å². The number of hydrogen-bond donors (Lipinski definition) is 2. The van der Waals surface area contributed by atoms with Crippen molar-refractivity contribution >= 4 is 0 Å². The van der Waals surface area contributed by atoms with Gasteiger partial charge in [-0.2, -0.15) is 0 Å². The summed E-state index contributed by atoms with van der Waals surface area (Å²) in [6, 6.07) is 0.683. The number of ether oxygens (including phenoxy) is 1. The number of nitrogens with one attached hydrogen (secondary N) is 1. The minimum absolute atomic E-state index is 0.325. The minimum atomic E-state index is -0.569. The molecule has 2 atom stereocenters. The second-order valence-electron chi connectivity index (χ2n) is 6.01.